The van der Waals surface area contributed by atoms with E-state index in [1.165, 1.54) is 24.3 Å². The van der Waals surface area contributed by atoms with Crippen molar-refractivity contribution >= 4 is 11.9 Å². The molecular weight excluding hydrogens is 256 g/mol. The summed E-state index contributed by atoms with van der Waals surface area (Å²) in [5.41, 5.74) is 0. The van der Waals surface area contributed by atoms with Crippen molar-refractivity contribution in [1.29, 1.82) is 0 Å². The van der Waals surface area contributed by atoms with Crippen molar-refractivity contribution in [1.82, 2.24) is 0 Å². The molecule has 0 aliphatic rings. The van der Waals surface area contributed by atoms with Gasteiger partial charge in [-0.1, -0.05) is 0 Å². The Hall–Kier alpha value is -2.96. The molecule has 1 aromatic carbocycles. The number of phenolic OH excluding ortho intramolecular Hbond substituents is 2. The number of hydrogen-bond donors (Lipinski definition) is 4. The van der Waals surface area contributed by atoms with E-state index in [1.807, 2.05) is 0 Å². The van der Waals surface area contributed by atoms with Gasteiger partial charge in [-0.3, -0.25) is 0 Å². The van der Waals surface area contributed by atoms with Crippen LogP contribution in [0.1, 0.15) is 21.1 Å². The predicted octanol–water partition coefficient (Wildman–Crippen LogP) is 1.77. The molecule has 0 amide bonds. The molecule has 7 nitrogen and oxygen atoms in total. The van der Waals surface area contributed by atoms with Crippen LogP contribution in [0.4, 0.5) is 0 Å². The maximum Gasteiger partial charge on any atom is 0.371 e. The number of rotatable bonds is 2. The second kappa shape index (κ2) is 6.10. The minimum atomic E-state index is -1.28. The number of furan rings is 1. The van der Waals surface area contributed by atoms with Crippen molar-refractivity contribution in [2.45, 2.75) is 0 Å². The summed E-state index contributed by atoms with van der Waals surface area (Å²) in [5, 5.41) is 33.9. The van der Waals surface area contributed by atoms with E-state index in [9.17, 15) is 9.59 Å². The van der Waals surface area contributed by atoms with Gasteiger partial charge in [0.25, 0.3) is 0 Å². The molecule has 0 spiro atoms. The lowest BCUT2D eigenvalue weighted by molar-refractivity contribution is 0.0631. The molecular formula is C12H10O7. The SMILES string of the molecule is O=C(O)c1ccc(C(=O)O)o1.Oc1ccc(O)cc1. The molecule has 2 aromatic rings. The number of benzene rings is 1. The first kappa shape index (κ1) is 14.1. The molecule has 19 heavy (non-hydrogen) atoms. The summed E-state index contributed by atoms with van der Waals surface area (Å²) in [5.74, 6) is -2.97. The monoisotopic (exact) mass is 266 g/mol. The molecule has 7 heteroatoms. The largest absolute Gasteiger partial charge is 0.508 e. The van der Waals surface area contributed by atoms with Crippen LogP contribution < -0.4 is 0 Å². The number of carboxylic acid groups (broad SMARTS) is 2. The fraction of sp³-hybridized carbons (Fsp3) is 0. The lowest BCUT2D eigenvalue weighted by Crippen LogP contribution is -1.94. The Morgan fingerprint density at radius 2 is 1.05 bits per heavy atom. The summed E-state index contributed by atoms with van der Waals surface area (Å²) in [6, 6.07) is 7.88. The van der Waals surface area contributed by atoms with E-state index in [1.54, 1.807) is 0 Å². The Balaban J connectivity index is 0.000000200. The Bertz CT molecular complexity index is 519. The Morgan fingerprint density at radius 1 is 0.737 bits per heavy atom. The highest BCUT2D eigenvalue weighted by Crippen LogP contribution is 2.13. The summed E-state index contributed by atoms with van der Waals surface area (Å²) >= 11 is 0. The highest BCUT2D eigenvalue weighted by atomic mass is 16.4. The van der Waals surface area contributed by atoms with Gasteiger partial charge in [0.1, 0.15) is 11.5 Å². The maximum atomic E-state index is 10.2. The third-order valence-corrected chi connectivity index (χ3v) is 1.88. The summed E-state index contributed by atoms with van der Waals surface area (Å²) in [4.78, 5) is 20.3. The number of phenols is 2. The summed E-state index contributed by atoms with van der Waals surface area (Å²) < 4.78 is 4.41. The molecule has 0 radical (unpaired) electrons. The predicted molar refractivity (Wildman–Crippen MR) is 62.4 cm³/mol. The summed E-state index contributed by atoms with van der Waals surface area (Å²) in [6.07, 6.45) is 0. The van der Waals surface area contributed by atoms with Crippen LogP contribution in [0.25, 0.3) is 0 Å². The minimum absolute atomic E-state index is 0.169. The van der Waals surface area contributed by atoms with Gasteiger partial charge >= 0.3 is 11.9 Å². The maximum absolute atomic E-state index is 10.2. The van der Waals surface area contributed by atoms with Gasteiger partial charge in [0, 0.05) is 0 Å². The molecule has 0 saturated carbocycles. The van der Waals surface area contributed by atoms with Crippen LogP contribution in [-0.4, -0.2) is 32.4 Å². The Labute approximate surface area is 107 Å². The smallest absolute Gasteiger partial charge is 0.371 e. The van der Waals surface area contributed by atoms with E-state index < -0.39 is 11.9 Å². The van der Waals surface area contributed by atoms with Gasteiger partial charge in [-0.05, 0) is 36.4 Å². The van der Waals surface area contributed by atoms with Gasteiger partial charge in [-0.15, -0.1) is 0 Å². The second-order valence-electron chi connectivity index (χ2n) is 3.29. The molecule has 0 fully saturated rings. The average Bonchev–Trinajstić information content (AvgIpc) is 2.83. The highest BCUT2D eigenvalue weighted by molar-refractivity contribution is 5.88. The first-order chi connectivity index (χ1) is 8.90. The fourth-order valence-electron chi connectivity index (χ4n) is 1.02. The Morgan fingerprint density at radius 3 is 1.26 bits per heavy atom. The zero-order chi connectivity index (χ0) is 14.4. The van der Waals surface area contributed by atoms with Gasteiger partial charge in [-0.25, -0.2) is 9.59 Å². The van der Waals surface area contributed by atoms with Gasteiger partial charge in [0.2, 0.25) is 11.5 Å². The molecule has 0 saturated heterocycles. The summed E-state index contributed by atoms with van der Waals surface area (Å²) in [7, 11) is 0. The van der Waals surface area contributed by atoms with E-state index in [-0.39, 0.29) is 23.0 Å². The van der Waals surface area contributed by atoms with Crippen molar-refractivity contribution in [2.24, 2.45) is 0 Å². The number of carbonyl (C=O) groups is 2. The summed E-state index contributed by atoms with van der Waals surface area (Å²) in [6.45, 7) is 0. The first-order valence-corrected chi connectivity index (χ1v) is 4.94. The average molecular weight is 266 g/mol. The lowest BCUT2D eigenvalue weighted by Gasteiger charge is -1.88. The van der Waals surface area contributed by atoms with Gasteiger partial charge in [0.05, 0.1) is 0 Å². The lowest BCUT2D eigenvalue weighted by atomic mass is 10.3. The van der Waals surface area contributed by atoms with Crippen molar-refractivity contribution in [3.63, 3.8) is 0 Å². The quantitative estimate of drug-likeness (QED) is 0.609. The van der Waals surface area contributed by atoms with Crippen LogP contribution in [0.2, 0.25) is 0 Å². The van der Waals surface area contributed by atoms with E-state index in [0.29, 0.717) is 0 Å². The first-order valence-electron chi connectivity index (χ1n) is 4.94. The van der Waals surface area contributed by atoms with Crippen LogP contribution in [0.15, 0.2) is 40.8 Å². The number of hydrogen-bond acceptors (Lipinski definition) is 5. The highest BCUT2D eigenvalue weighted by Gasteiger charge is 2.12. The standard InChI is InChI=1S/C6H4O5.C6H6O2/c7-5(8)3-1-2-4(11-3)6(9)10;7-5-1-2-6(8)4-3-5/h1-2H,(H,7,8)(H,9,10);1-4,7-8H. The molecule has 4 N–H and O–H groups in total. The number of aromatic hydroxyl groups is 2. The van der Waals surface area contributed by atoms with Crippen LogP contribution in [0.5, 0.6) is 11.5 Å². The van der Waals surface area contributed by atoms with Crippen LogP contribution in [0.3, 0.4) is 0 Å². The van der Waals surface area contributed by atoms with Crippen molar-refractivity contribution in [3.05, 3.63) is 47.9 Å². The minimum Gasteiger partial charge on any atom is -0.508 e. The Kier molecular flexibility index (Phi) is 4.53. The molecule has 0 unspecified atom stereocenters. The number of carboxylic acids is 2. The van der Waals surface area contributed by atoms with Gasteiger partial charge in [0.15, 0.2) is 0 Å². The number of aromatic carboxylic acids is 2. The molecule has 2 rings (SSSR count). The normalized spacial score (nSPS) is 9.26. The van der Waals surface area contributed by atoms with E-state index in [2.05, 4.69) is 4.42 Å². The van der Waals surface area contributed by atoms with Gasteiger partial charge < -0.3 is 24.8 Å². The van der Waals surface area contributed by atoms with E-state index in [4.69, 9.17) is 20.4 Å². The second-order valence-corrected chi connectivity index (χ2v) is 3.29. The zero-order valence-electron chi connectivity index (χ0n) is 9.48. The molecule has 1 aromatic heterocycles. The van der Waals surface area contributed by atoms with Crippen LogP contribution >= 0.6 is 0 Å². The third kappa shape index (κ3) is 4.43. The topological polar surface area (TPSA) is 128 Å². The van der Waals surface area contributed by atoms with Crippen LogP contribution in [-0.2, 0) is 0 Å². The van der Waals surface area contributed by atoms with Crippen molar-refractivity contribution in [3.8, 4) is 11.5 Å². The van der Waals surface area contributed by atoms with Crippen molar-refractivity contribution in [2.75, 3.05) is 0 Å². The van der Waals surface area contributed by atoms with Crippen molar-refractivity contribution < 1.29 is 34.4 Å². The zero-order valence-corrected chi connectivity index (χ0v) is 9.48. The third-order valence-electron chi connectivity index (χ3n) is 1.88. The fourth-order valence-corrected chi connectivity index (χ4v) is 1.02. The molecule has 0 aliphatic heterocycles. The molecule has 0 aliphatic carbocycles. The van der Waals surface area contributed by atoms with Crippen LogP contribution in [0, 0.1) is 0 Å². The van der Waals surface area contributed by atoms with E-state index in [0.717, 1.165) is 12.1 Å². The molecule has 0 bridgehead atoms. The molecule has 0 atom stereocenters. The van der Waals surface area contributed by atoms with Gasteiger partial charge in [-0.2, -0.15) is 0 Å². The van der Waals surface area contributed by atoms with E-state index >= 15 is 0 Å². The molecule has 1 heterocycles. The molecule has 100 valence electrons.